The molecule has 1 aliphatic rings. The summed E-state index contributed by atoms with van der Waals surface area (Å²) in [5.41, 5.74) is 1.36. The van der Waals surface area contributed by atoms with E-state index in [9.17, 15) is 28.2 Å². The number of para-hydroxylation sites is 1. The van der Waals surface area contributed by atoms with Crippen LogP contribution in [0.25, 0.3) is 0 Å². The molecule has 34 heavy (non-hydrogen) atoms. The number of hydrogen-bond donors (Lipinski definition) is 1. The van der Waals surface area contributed by atoms with Gasteiger partial charge in [0, 0.05) is 25.1 Å². The Kier molecular flexibility index (Phi) is 8.38. The molecule has 0 spiro atoms. The molecular weight excluding hydrogens is 449 g/mol. The first kappa shape index (κ1) is 25.4. The Labute approximate surface area is 196 Å². The minimum Gasteiger partial charge on any atom is -0.535 e. The Bertz CT molecular complexity index is 1020. The van der Waals surface area contributed by atoms with Crippen molar-refractivity contribution in [3.05, 3.63) is 65.2 Å². The second-order valence-electron chi connectivity index (χ2n) is 8.31. The van der Waals surface area contributed by atoms with Crippen molar-refractivity contribution in [2.45, 2.75) is 50.8 Å². The average molecular weight is 474 g/mol. The molecule has 0 bridgehead atoms. The van der Waals surface area contributed by atoms with Crippen molar-refractivity contribution in [2.24, 2.45) is 0 Å². The maximum atomic E-state index is 13.0. The number of carbonyl (C=O) groups is 3. The quantitative estimate of drug-likeness (QED) is 0.318. The third-order valence-electron chi connectivity index (χ3n) is 5.37. The highest BCUT2D eigenvalue weighted by Crippen LogP contribution is 2.37. The number of carbonyl (C=O) groups excluding carboxylic acids is 3. The largest absolute Gasteiger partial charge is 0.535 e. The zero-order chi connectivity index (χ0) is 24.7. The van der Waals surface area contributed by atoms with Crippen molar-refractivity contribution in [2.75, 3.05) is 6.79 Å². The summed E-state index contributed by atoms with van der Waals surface area (Å²) in [6, 6.07) is 13.7. The monoisotopic (exact) mass is 474 g/mol. The summed E-state index contributed by atoms with van der Waals surface area (Å²) in [6.07, 6.45) is -0.724. The fourth-order valence-corrected chi connectivity index (χ4v) is 3.61. The number of ketones is 1. The third kappa shape index (κ3) is 7.38. The molecule has 0 aromatic heterocycles. The van der Waals surface area contributed by atoms with Crippen LogP contribution in [-0.4, -0.2) is 42.6 Å². The third-order valence-corrected chi connectivity index (χ3v) is 5.37. The lowest BCUT2D eigenvalue weighted by molar-refractivity contribution is -0.151. The number of hydrogen-bond acceptors (Lipinski definition) is 7. The molecule has 0 fully saturated rings. The number of Topliss-reactive ketones (excluding diaryl/α,β-unsaturated/α-hetero) is 1. The maximum Gasteiger partial charge on any atom is 0.526 e. The van der Waals surface area contributed by atoms with Crippen LogP contribution in [0, 0.1) is 0 Å². The van der Waals surface area contributed by atoms with Gasteiger partial charge in [-0.15, -0.1) is 0 Å². The standard InChI is InChI=1S/C24H25BF2O7/c1-24(26,27)11-10-19(28)14-18-13-17-8-5-9-20(22(17)34-25(18)31)23(30)33-15-32-21(29)12-16-6-3-2-4-7-16/h2-9,18,31H,10-15H2,1H3/t18-/m1/s1. The van der Waals surface area contributed by atoms with E-state index in [1.165, 1.54) is 6.07 Å². The number of rotatable bonds is 10. The van der Waals surface area contributed by atoms with Gasteiger partial charge in [-0.3, -0.25) is 9.59 Å². The van der Waals surface area contributed by atoms with Crippen molar-refractivity contribution in [3.63, 3.8) is 0 Å². The highest BCUT2D eigenvalue weighted by molar-refractivity contribution is 6.47. The Hall–Kier alpha value is -3.27. The lowest BCUT2D eigenvalue weighted by Crippen LogP contribution is -2.36. The SMILES string of the molecule is CC(F)(F)CCC(=O)C[C@H]1Cc2cccc(C(=O)OCOC(=O)Cc3ccccc3)c2OB1O. The van der Waals surface area contributed by atoms with Crippen LogP contribution >= 0.6 is 0 Å². The molecule has 0 amide bonds. The summed E-state index contributed by atoms with van der Waals surface area (Å²) >= 11 is 0. The van der Waals surface area contributed by atoms with E-state index in [2.05, 4.69) is 0 Å². The lowest BCUT2D eigenvalue weighted by atomic mass is 9.64. The van der Waals surface area contributed by atoms with E-state index in [0.717, 1.165) is 12.5 Å². The number of benzene rings is 2. The number of alkyl halides is 2. The van der Waals surface area contributed by atoms with Gasteiger partial charge in [0.05, 0.1) is 6.42 Å². The molecule has 0 saturated heterocycles. The van der Waals surface area contributed by atoms with Crippen molar-refractivity contribution >= 4 is 24.8 Å². The first-order valence-electron chi connectivity index (χ1n) is 10.8. The van der Waals surface area contributed by atoms with Gasteiger partial charge in [-0.2, -0.15) is 0 Å². The molecule has 0 unspecified atom stereocenters. The van der Waals surface area contributed by atoms with Gasteiger partial charge >= 0.3 is 19.1 Å². The molecule has 3 rings (SSSR count). The average Bonchev–Trinajstić information content (AvgIpc) is 2.78. The summed E-state index contributed by atoms with van der Waals surface area (Å²) in [5, 5.41) is 10.3. The normalized spacial score (nSPS) is 15.2. The van der Waals surface area contributed by atoms with Crippen LogP contribution in [-0.2, 0) is 31.9 Å². The van der Waals surface area contributed by atoms with E-state index in [1.54, 1.807) is 36.4 Å². The van der Waals surface area contributed by atoms with Crippen molar-refractivity contribution < 1.29 is 42.3 Å². The molecule has 2 aromatic rings. The fraction of sp³-hybridized carbons (Fsp3) is 0.375. The van der Waals surface area contributed by atoms with Crippen molar-refractivity contribution in [3.8, 4) is 5.75 Å². The van der Waals surface area contributed by atoms with Crippen LogP contribution < -0.4 is 4.65 Å². The van der Waals surface area contributed by atoms with Gasteiger partial charge in [-0.05, 0) is 30.5 Å². The van der Waals surface area contributed by atoms with Crippen LogP contribution in [0.4, 0.5) is 8.78 Å². The summed E-state index contributed by atoms with van der Waals surface area (Å²) in [7, 11) is -1.39. The van der Waals surface area contributed by atoms with E-state index in [-0.39, 0.29) is 37.0 Å². The second kappa shape index (κ2) is 11.2. The molecule has 0 saturated carbocycles. The van der Waals surface area contributed by atoms with Crippen LogP contribution in [0.5, 0.6) is 5.75 Å². The Balaban J connectivity index is 1.55. The number of fused-ring (bicyclic) bond motifs is 1. The summed E-state index contributed by atoms with van der Waals surface area (Å²) in [5.74, 6) is -5.22. The van der Waals surface area contributed by atoms with Gasteiger partial charge in [-0.25, -0.2) is 13.6 Å². The molecule has 2 aromatic carbocycles. The molecule has 0 aliphatic carbocycles. The number of halogens is 2. The zero-order valence-corrected chi connectivity index (χ0v) is 18.7. The Morgan fingerprint density at radius 3 is 2.56 bits per heavy atom. The Morgan fingerprint density at radius 1 is 1.12 bits per heavy atom. The van der Waals surface area contributed by atoms with Gasteiger partial charge < -0.3 is 19.2 Å². The molecule has 1 aliphatic heterocycles. The van der Waals surface area contributed by atoms with E-state index in [4.69, 9.17) is 14.1 Å². The molecular formula is C24H25BF2O7. The first-order valence-corrected chi connectivity index (χ1v) is 10.8. The molecule has 10 heteroatoms. The summed E-state index contributed by atoms with van der Waals surface area (Å²) < 4.78 is 41.4. The molecule has 1 N–H and O–H groups in total. The molecule has 1 atom stereocenters. The number of ether oxygens (including phenoxy) is 2. The summed E-state index contributed by atoms with van der Waals surface area (Å²) in [6.45, 7) is 0.163. The molecule has 1 heterocycles. The van der Waals surface area contributed by atoms with Crippen LogP contribution in [0.15, 0.2) is 48.5 Å². The minimum absolute atomic E-state index is 0.0322. The van der Waals surface area contributed by atoms with Gasteiger partial charge in [0.15, 0.2) is 0 Å². The summed E-state index contributed by atoms with van der Waals surface area (Å²) in [4.78, 5) is 36.5. The van der Waals surface area contributed by atoms with Gasteiger partial charge in [-0.1, -0.05) is 42.5 Å². The van der Waals surface area contributed by atoms with E-state index in [0.29, 0.717) is 5.56 Å². The van der Waals surface area contributed by atoms with E-state index in [1.807, 2.05) is 6.07 Å². The topological polar surface area (TPSA) is 99.1 Å². The van der Waals surface area contributed by atoms with E-state index >= 15 is 0 Å². The van der Waals surface area contributed by atoms with Crippen LogP contribution in [0.1, 0.15) is 47.7 Å². The van der Waals surface area contributed by atoms with Crippen LogP contribution in [0.3, 0.4) is 0 Å². The second-order valence-corrected chi connectivity index (χ2v) is 8.31. The molecule has 0 radical (unpaired) electrons. The Morgan fingerprint density at radius 2 is 1.85 bits per heavy atom. The van der Waals surface area contributed by atoms with Gasteiger partial charge in [0.2, 0.25) is 12.7 Å². The minimum atomic E-state index is -2.94. The van der Waals surface area contributed by atoms with E-state index < -0.39 is 49.8 Å². The highest BCUT2D eigenvalue weighted by Gasteiger charge is 2.38. The van der Waals surface area contributed by atoms with Gasteiger partial charge in [0.1, 0.15) is 17.1 Å². The fourth-order valence-electron chi connectivity index (χ4n) is 3.61. The lowest BCUT2D eigenvalue weighted by Gasteiger charge is -2.28. The molecule has 180 valence electrons. The van der Waals surface area contributed by atoms with Crippen LogP contribution in [0.2, 0.25) is 5.82 Å². The van der Waals surface area contributed by atoms with Gasteiger partial charge in [0.25, 0.3) is 0 Å². The zero-order valence-electron chi connectivity index (χ0n) is 18.7. The van der Waals surface area contributed by atoms with Crippen molar-refractivity contribution in [1.82, 2.24) is 0 Å². The maximum absolute atomic E-state index is 13.0. The predicted molar refractivity (Wildman–Crippen MR) is 118 cm³/mol. The molecule has 7 nitrogen and oxygen atoms in total. The number of esters is 2. The first-order chi connectivity index (χ1) is 16.1. The van der Waals surface area contributed by atoms with Crippen molar-refractivity contribution in [1.29, 1.82) is 0 Å². The predicted octanol–water partition coefficient (Wildman–Crippen LogP) is 3.77. The smallest absolute Gasteiger partial charge is 0.526 e. The highest BCUT2D eigenvalue weighted by atomic mass is 19.3.